The second-order valence-corrected chi connectivity index (χ2v) is 2.54. The Morgan fingerprint density at radius 1 is 1.36 bits per heavy atom. The lowest BCUT2D eigenvalue weighted by atomic mass is 10.1. The van der Waals surface area contributed by atoms with Crippen molar-refractivity contribution in [3.8, 4) is 0 Å². The molecule has 5 nitrogen and oxygen atoms in total. The number of nitrogens with zero attached hydrogens (tertiary/aromatic N) is 1. The largest absolute Gasteiger partial charge is 0.478 e. The van der Waals surface area contributed by atoms with Gasteiger partial charge in [-0.15, -0.1) is 0 Å². The molecule has 1 aromatic rings. The zero-order valence-electron chi connectivity index (χ0n) is 7.60. The highest BCUT2D eigenvalue weighted by atomic mass is 16.6. The first-order valence-corrected chi connectivity index (χ1v) is 3.85. The van der Waals surface area contributed by atoms with Gasteiger partial charge in [0.1, 0.15) is 7.11 Å². The second-order valence-electron chi connectivity index (χ2n) is 2.54. The van der Waals surface area contributed by atoms with Crippen molar-refractivity contribution >= 4 is 11.8 Å². The van der Waals surface area contributed by atoms with Gasteiger partial charge in [-0.1, -0.05) is 17.3 Å². The van der Waals surface area contributed by atoms with Crippen LogP contribution in [0.15, 0.2) is 29.4 Å². The molecule has 0 heterocycles. The lowest BCUT2D eigenvalue weighted by Gasteiger charge is -1.99. The molecule has 0 amide bonds. The molecule has 0 spiro atoms. The number of benzene rings is 1. The van der Waals surface area contributed by atoms with E-state index in [1.54, 1.807) is 12.1 Å². The van der Waals surface area contributed by atoms with Crippen molar-refractivity contribution < 1.29 is 14.7 Å². The van der Waals surface area contributed by atoms with E-state index in [9.17, 15) is 4.79 Å². The lowest BCUT2D eigenvalue weighted by molar-refractivity contribution is 0.0697. The van der Waals surface area contributed by atoms with Gasteiger partial charge < -0.3 is 15.7 Å². The summed E-state index contributed by atoms with van der Waals surface area (Å²) in [5.41, 5.74) is 6.34. The van der Waals surface area contributed by atoms with Gasteiger partial charge in [-0.05, 0) is 12.1 Å². The number of amidine groups is 1. The second kappa shape index (κ2) is 4.27. The first kappa shape index (κ1) is 10.0. The number of carbonyl (C=O) groups is 1. The van der Waals surface area contributed by atoms with Crippen LogP contribution in [-0.2, 0) is 4.84 Å². The smallest absolute Gasteiger partial charge is 0.335 e. The Bertz CT molecular complexity index is 357. The molecule has 0 aliphatic heterocycles. The third-order valence-corrected chi connectivity index (χ3v) is 1.62. The van der Waals surface area contributed by atoms with Gasteiger partial charge in [0.2, 0.25) is 0 Å². The number of carboxylic acid groups (broad SMARTS) is 1. The molecule has 0 aromatic heterocycles. The molecule has 1 aromatic carbocycles. The highest BCUT2D eigenvalue weighted by molar-refractivity contribution is 5.98. The fraction of sp³-hybridized carbons (Fsp3) is 0.111. The van der Waals surface area contributed by atoms with Crippen molar-refractivity contribution in [2.45, 2.75) is 0 Å². The maximum absolute atomic E-state index is 10.5. The van der Waals surface area contributed by atoms with Crippen LogP contribution in [0.25, 0.3) is 0 Å². The Labute approximate surface area is 80.8 Å². The number of carboxylic acids is 1. The summed E-state index contributed by atoms with van der Waals surface area (Å²) in [6, 6.07) is 6.05. The molecule has 5 heteroatoms. The van der Waals surface area contributed by atoms with Crippen LogP contribution < -0.4 is 5.73 Å². The van der Waals surface area contributed by atoms with Crippen LogP contribution in [0.5, 0.6) is 0 Å². The summed E-state index contributed by atoms with van der Waals surface area (Å²) >= 11 is 0. The van der Waals surface area contributed by atoms with Crippen LogP contribution >= 0.6 is 0 Å². The number of oxime groups is 1. The molecule has 74 valence electrons. The van der Waals surface area contributed by atoms with Gasteiger partial charge >= 0.3 is 5.97 Å². The van der Waals surface area contributed by atoms with E-state index in [4.69, 9.17) is 10.8 Å². The van der Waals surface area contributed by atoms with E-state index in [2.05, 4.69) is 9.99 Å². The standard InChI is InChI=1S/C9H10N2O3/c1-14-11-8(10)6-2-4-7(5-3-6)9(12)13/h2-5H,1H3,(H2,10,11)(H,12,13). The third-order valence-electron chi connectivity index (χ3n) is 1.62. The predicted molar refractivity (Wildman–Crippen MR) is 51.1 cm³/mol. The average Bonchev–Trinajstić information content (AvgIpc) is 2.18. The zero-order chi connectivity index (χ0) is 10.6. The fourth-order valence-electron chi connectivity index (χ4n) is 0.935. The van der Waals surface area contributed by atoms with Crippen LogP contribution in [0.3, 0.4) is 0 Å². The van der Waals surface area contributed by atoms with Crippen molar-refractivity contribution in [2.24, 2.45) is 10.9 Å². The van der Waals surface area contributed by atoms with Gasteiger partial charge in [-0.3, -0.25) is 0 Å². The molecule has 1 rings (SSSR count). The van der Waals surface area contributed by atoms with E-state index >= 15 is 0 Å². The van der Waals surface area contributed by atoms with Crippen LogP contribution in [0.1, 0.15) is 15.9 Å². The van der Waals surface area contributed by atoms with Crippen molar-refractivity contribution in [3.63, 3.8) is 0 Å². The highest BCUT2D eigenvalue weighted by Crippen LogP contribution is 2.04. The molecule has 0 atom stereocenters. The summed E-state index contributed by atoms with van der Waals surface area (Å²) < 4.78 is 0. The molecule has 0 bridgehead atoms. The molecule has 0 saturated carbocycles. The summed E-state index contributed by atoms with van der Waals surface area (Å²) in [6.45, 7) is 0. The number of hydrogen-bond donors (Lipinski definition) is 2. The SMILES string of the molecule is CO/N=C(\N)c1ccc(C(=O)O)cc1. The molecule has 0 radical (unpaired) electrons. The minimum atomic E-state index is -0.973. The number of aromatic carboxylic acids is 1. The monoisotopic (exact) mass is 194 g/mol. The summed E-state index contributed by atoms with van der Waals surface area (Å²) in [6.07, 6.45) is 0. The quantitative estimate of drug-likeness (QED) is 0.420. The van der Waals surface area contributed by atoms with Crippen molar-refractivity contribution in [3.05, 3.63) is 35.4 Å². The zero-order valence-corrected chi connectivity index (χ0v) is 7.60. The number of nitrogens with two attached hydrogens (primary N) is 1. The van der Waals surface area contributed by atoms with E-state index in [0.29, 0.717) is 5.56 Å². The summed E-state index contributed by atoms with van der Waals surface area (Å²) in [5, 5.41) is 12.1. The first-order valence-electron chi connectivity index (χ1n) is 3.85. The van der Waals surface area contributed by atoms with Crippen LogP contribution in [0.4, 0.5) is 0 Å². The predicted octanol–water partition coefficient (Wildman–Crippen LogP) is 0.652. The third kappa shape index (κ3) is 2.22. The maximum Gasteiger partial charge on any atom is 0.335 e. The van der Waals surface area contributed by atoms with Crippen molar-refractivity contribution in [2.75, 3.05) is 7.11 Å². The van der Waals surface area contributed by atoms with E-state index in [1.165, 1.54) is 19.2 Å². The fourth-order valence-corrected chi connectivity index (χ4v) is 0.935. The van der Waals surface area contributed by atoms with Gasteiger partial charge in [0, 0.05) is 5.56 Å². The van der Waals surface area contributed by atoms with Crippen molar-refractivity contribution in [1.29, 1.82) is 0 Å². The van der Waals surface area contributed by atoms with Gasteiger partial charge in [-0.25, -0.2) is 4.79 Å². The molecule has 14 heavy (non-hydrogen) atoms. The van der Waals surface area contributed by atoms with Gasteiger partial charge in [0.05, 0.1) is 5.56 Å². The summed E-state index contributed by atoms with van der Waals surface area (Å²) in [4.78, 5) is 15.0. The molecule has 0 unspecified atom stereocenters. The van der Waals surface area contributed by atoms with Crippen molar-refractivity contribution in [1.82, 2.24) is 0 Å². The summed E-state index contributed by atoms with van der Waals surface area (Å²) in [5.74, 6) is -0.761. The van der Waals surface area contributed by atoms with Crippen LogP contribution in [-0.4, -0.2) is 24.0 Å². The van der Waals surface area contributed by atoms with E-state index in [-0.39, 0.29) is 11.4 Å². The van der Waals surface area contributed by atoms with E-state index < -0.39 is 5.97 Å². The van der Waals surface area contributed by atoms with Crippen LogP contribution in [0.2, 0.25) is 0 Å². The Balaban J connectivity index is 2.94. The van der Waals surface area contributed by atoms with Crippen LogP contribution in [0, 0.1) is 0 Å². The minimum Gasteiger partial charge on any atom is -0.478 e. The summed E-state index contributed by atoms with van der Waals surface area (Å²) in [7, 11) is 1.39. The Morgan fingerprint density at radius 2 is 1.86 bits per heavy atom. The lowest BCUT2D eigenvalue weighted by Crippen LogP contribution is -2.13. The molecular weight excluding hydrogens is 184 g/mol. The maximum atomic E-state index is 10.5. The Morgan fingerprint density at radius 3 is 2.29 bits per heavy atom. The normalized spacial score (nSPS) is 11.1. The first-order chi connectivity index (χ1) is 6.65. The van der Waals surface area contributed by atoms with E-state index in [1.807, 2.05) is 0 Å². The van der Waals surface area contributed by atoms with Gasteiger partial charge in [0.15, 0.2) is 5.84 Å². The molecule has 0 aliphatic rings. The average molecular weight is 194 g/mol. The van der Waals surface area contributed by atoms with Gasteiger partial charge in [-0.2, -0.15) is 0 Å². The topological polar surface area (TPSA) is 84.9 Å². The number of hydrogen-bond acceptors (Lipinski definition) is 3. The Hall–Kier alpha value is -2.04. The highest BCUT2D eigenvalue weighted by Gasteiger charge is 2.03. The number of rotatable bonds is 3. The van der Waals surface area contributed by atoms with E-state index in [0.717, 1.165) is 0 Å². The van der Waals surface area contributed by atoms with Gasteiger partial charge in [0.25, 0.3) is 0 Å². The molecular formula is C9H10N2O3. The molecule has 0 fully saturated rings. The molecule has 0 aliphatic carbocycles. The molecule has 0 saturated heterocycles. The minimum absolute atomic E-state index is 0.207. The Kier molecular flexibility index (Phi) is 3.06. The molecule has 3 N–H and O–H groups in total.